The molecule has 1 aromatic heterocycles. The average molecular weight is 270 g/mol. The lowest BCUT2D eigenvalue weighted by molar-refractivity contribution is 0.436. The Morgan fingerprint density at radius 2 is 1.90 bits per heavy atom. The van der Waals surface area contributed by atoms with Crippen molar-refractivity contribution in [1.29, 1.82) is 0 Å². The summed E-state index contributed by atoms with van der Waals surface area (Å²) in [6, 6.07) is 10.1. The molecule has 0 aliphatic carbocycles. The smallest absolute Gasteiger partial charge is 0.222 e. The maximum atomic E-state index is 6.01. The number of pyridine rings is 1. The summed E-state index contributed by atoms with van der Waals surface area (Å²) in [5.41, 5.74) is 8.83. The third kappa shape index (κ3) is 3.17. The SMILES string of the molecule is Cc1cc(CN)cnc1Oc1ccccc1C(C)(C)C. The lowest BCUT2D eigenvalue weighted by atomic mass is 9.86. The van der Waals surface area contributed by atoms with Crippen LogP contribution in [0.25, 0.3) is 0 Å². The summed E-state index contributed by atoms with van der Waals surface area (Å²) in [7, 11) is 0. The molecule has 0 radical (unpaired) electrons. The van der Waals surface area contributed by atoms with E-state index in [-0.39, 0.29) is 5.41 Å². The minimum atomic E-state index is 0.0295. The molecule has 20 heavy (non-hydrogen) atoms. The molecule has 0 amide bonds. The van der Waals surface area contributed by atoms with Gasteiger partial charge in [0.1, 0.15) is 5.75 Å². The van der Waals surface area contributed by atoms with Gasteiger partial charge in [-0.1, -0.05) is 39.0 Å². The van der Waals surface area contributed by atoms with E-state index >= 15 is 0 Å². The second-order valence-electron chi connectivity index (χ2n) is 6.02. The Kier molecular flexibility index (Phi) is 4.09. The fraction of sp³-hybridized carbons (Fsp3) is 0.353. The van der Waals surface area contributed by atoms with E-state index in [0.717, 1.165) is 16.9 Å². The Hall–Kier alpha value is -1.87. The lowest BCUT2D eigenvalue weighted by Gasteiger charge is -2.22. The van der Waals surface area contributed by atoms with Crippen molar-refractivity contribution in [2.24, 2.45) is 5.73 Å². The van der Waals surface area contributed by atoms with E-state index in [9.17, 15) is 0 Å². The summed E-state index contributed by atoms with van der Waals surface area (Å²) in [4.78, 5) is 4.37. The molecule has 2 rings (SSSR count). The van der Waals surface area contributed by atoms with Crippen LogP contribution in [0.2, 0.25) is 0 Å². The fourth-order valence-corrected chi connectivity index (χ4v) is 2.12. The number of nitrogens with zero attached hydrogens (tertiary/aromatic N) is 1. The Morgan fingerprint density at radius 1 is 1.20 bits per heavy atom. The van der Waals surface area contributed by atoms with Gasteiger partial charge in [0.05, 0.1) is 0 Å². The molecule has 0 spiro atoms. The predicted octanol–water partition coefficient (Wildman–Crippen LogP) is 3.94. The zero-order valence-electron chi connectivity index (χ0n) is 12.6. The first-order chi connectivity index (χ1) is 9.41. The highest BCUT2D eigenvalue weighted by atomic mass is 16.5. The molecule has 0 aliphatic rings. The van der Waals surface area contributed by atoms with Crippen molar-refractivity contribution in [2.45, 2.75) is 39.7 Å². The van der Waals surface area contributed by atoms with Gasteiger partial charge < -0.3 is 10.5 Å². The van der Waals surface area contributed by atoms with Crippen LogP contribution in [0.15, 0.2) is 36.5 Å². The van der Waals surface area contributed by atoms with E-state index in [0.29, 0.717) is 12.4 Å². The van der Waals surface area contributed by atoms with Crippen molar-refractivity contribution in [1.82, 2.24) is 4.98 Å². The van der Waals surface area contributed by atoms with Gasteiger partial charge >= 0.3 is 0 Å². The van der Waals surface area contributed by atoms with Gasteiger partial charge in [0.2, 0.25) is 5.88 Å². The van der Waals surface area contributed by atoms with E-state index in [1.54, 1.807) is 6.20 Å². The van der Waals surface area contributed by atoms with E-state index in [2.05, 4.69) is 31.8 Å². The van der Waals surface area contributed by atoms with Crippen molar-refractivity contribution in [2.75, 3.05) is 0 Å². The third-order valence-corrected chi connectivity index (χ3v) is 3.22. The van der Waals surface area contributed by atoms with Gasteiger partial charge in [0.15, 0.2) is 0 Å². The molecular weight excluding hydrogens is 248 g/mol. The number of rotatable bonds is 3. The van der Waals surface area contributed by atoms with Crippen molar-refractivity contribution in [3.05, 3.63) is 53.2 Å². The zero-order valence-corrected chi connectivity index (χ0v) is 12.6. The van der Waals surface area contributed by atoms with Crippen LogP contribution in [0.4, 0.5) is 0 Å². The van der Waals surface area contributed by atoms with Crippen LogP contribution in [-0.2, 0) is 12.0 Å². The Balaban J connectivity index is 2.36. The first kappa shape index (κ1) is 14.5. The van der Waals surface area contributed by atoms with Crippen molar-refractivity contribution in [3.63, 3.8) is 0 Å². The zero-order chi connectivity index (χ0) is 14.8. The van der Waals surface area contributed by atoms with E-state index in [1.807, 2.05) is 31.2 Å². The summed E-state index contributed by atoms with van der Waals surface area (Å²) in [6.07, 6.45) is 1.77. The number of hydrogen-bond acceptors (Lipinski definition) is 3. The highest BCUT2D eigenvalue weighted by molar-refractivity contribution is 5.42. The second kappa shape index (κ2) is 5.63. The molecule has 0 unspecified atom stereocenters. The van der Waals surface area contributed by atoms with E-state index < -0.39 is 0 Å². The summed E-state index contributed by atoms with van der Waals surface area (Å²) < 4.78 is 6.01. The van der Waals surface area contributed by atoms with Crippen LogP contribution < -0.4 is 10.5 Å². The van der Waals surface area contributed by atoms with Crippen LogP contribution in [0.1, 0.15) is 37.5 Å². The predicted molar refractivity (Wildman–Crippen MR) is 82.1 cm³/mol. The Bertz CT molecular complexity index is 600. The number of hydrogen-bond donors (Lipinski definition) is 1. The summed E-state index contributed by atoms with van der Waals surface area (Å²) in [5, 5.41) is 0. The Labute approximate surface area is 120 Å². The van der Waals surface area contributed by atoms with Crippen LogP contribution in [0.3, 0.4) is 0 Å². The van der Waals surface area contributed by atoms with Crippen molar-refractivity contribution in [3.8, 4) is 11.6 Å². The van der Waals surface area contributed by atoms with Crippen LogP contribution in [-0.4, -0.2) is 4.98 Å². The lowest BCUT2D eigenvalue weighted by Crippen LogP contribution is -2.12. The minimum absolute atomic E-state index is 0.0295. The maximum absolute atomic E-state index is 6.01. The summed E-state index contributed by atoms with van der Waals surface area (Å²) in [6.45, 7) is 9.00. The van der Waals surface area contributed by atoms with Gasteiger partial charge in [0, 0.05) is 23.9 Å². The van der Waals surface area contributed by atoms with Crippen LogP contribution in [0.5, 0.6) is 11.6 Å². The average Bonchev–Trinajstić information content (AvgIpc) is 2.40. The molecular formula is C17H22N2O. The van der Waals surface area contributed by atoms with Gasteiger partial charge in [-0.2, -0.15) is 0 Å². The molecule has 3 nitrogen and oxygen atoms in total. The number of ether oxygens (including phenoxy) is 1. The van der Waals surface area contributed by atoms with E-state index in [4.69, 9.17) is 10.5 Å². The summed E-state index contributed by atoms with van der Waals surface area (Å²) >= 11 is 0. The van der Waals surface area contributed by atoms with Gasteiger partial charge in [0.25, 0.3) is 0 Å². The monoisotopic (exact) mass is 270 g/mol. The van der Waals surface area contributed by atoms with E-state index in [1.165, 1.54) is 5.56 Å². The fourth-order valence-electron chi connectivity index (χ4n) is 2.12. The molecule has 106 valence electrons. The van der Waals surface area contributed by atoms with Gasteiger partial charge in [-0.3, -0.25) is 0 Å². The number of aromatic nitrogens is 1. The second-order valence-corrected chi connectivity index (χ2v) is 6.02. The molecule has 0 saturated carbocycles. The van der Waals surface area contributed by atoms with Gasteiger partial charge in [-0.15, -0.1) is 0 Å². The molecule has 0 fully saturated rings. The number of aryl methyl sites for hydroxylation is 1. The standard InChI is InChI=1S/C17H22N2O/c1-12-9-13(10-18)11-19-16(12)20-15-8-6-5-7-14(15)17(2,3)4/h5-9,11H,10,18H2,1-4H3. The van der Waals surface area contributed by atoms with Crippen LogP contribution >= 0.6 is 0 Å². The highest BCUT2D eigenvalue weighted by Gasteiger charge is 2.19. The van der Waals surface area contributed by atoms with Gasteiger partial charge in [-0.05, 0) is 30.0 Å². The molecule has 2 aromatic rings. The quantitative estimate of drug-likeness (QED) is 0.919. The Morgan fingerprint density at radius 3 is 2.50 bits per heavy atom. The summed E-state index contributed by atoms with van der Waals surface area (Å²) in [5.74, 6) is 1.50. The number of para-hydroxylation sites is 1. The number of nitrogens with two attached hydrogens (primary N) is 1. The molecule has 2 N–H and O–H groups in total. The molecule has 0 aliphatic heterocycles. The molecule has 0 bridgehead atoms. The molecule has 0 saturated heterocycles. The largest absolute Gasteiger partial charge is 0.438 e. The molecule has 0 atom stereocenters. The van der Waals surface area contributed by atoms with Crippen molar-refractivity contribution >= 4 is 0 Å². The first-order valence-corrected chi connectivity index (χ1v) is 6.85. The normalized spacial score (nSPS) is 11.4. The molecule has 1 heterocycles. The topological polar surface area (TPSA) is 48.1 Å². The maximum Gasteiger partial charge on any atom is 0.222 e. The first-order valence-electron chi connectivity index (χ1n) is 6.85. The van der Waals surface area contributed by atoms with Crippen LogP contribution in [0, 0.1) is 6.92 Å². The van der Waals surface area contributed by atoms with Crippen molar-refractivity contribution < 1.29 is 4.74 Å². The molecule has 3 heteroatoms. The van der Waals surface area contributed by atoms with Gasteiger partial charge in [-0.25, -0.2) is 4.98 Å². The minimum Gasteiger partial charge on any atom is -0.438 e. The highest BCUT2D eigenvalue weighted by Crippen LogP contribution is 2.34. The number of benzene rings is 1. The third-order valence-electron chi connectivity index (χ3n) is 3.22. The molecule has 1 aromatic carbocycles.